The molecule has 0 saturated carbocycles. The summed E-state index contributed by atoms with van der Waals surface area (Å²) in [5.74, 6) is 0.416. The van der Waals surface area contributed by atoms with Gasteiger partial charge in [0.05, 0.1) is 13.2 Å². The van der Waals surface area contributed by atoms with Gasteiger partial charge in [0, 0.05) is 24.8 Å². The van der Waals surface area contributed by atoms with Gasteiger partial charge in [0.15, 0.2) is 0 Å². The first-order valence-corrected chi connectivity index (χ1v) is 4.97. The van der Waals surface area contributed by atoms with E-state index in [0.29, 0.717) is 11.4 Å². The van der Waals surface area contributed by atoms with E-state index in [1.807, 2.05) is 0 Å². The summed E-state index contributed by atoms with van der Waals surface area (Å²) in [4.78, 5) is 5.36. The van der Waals surface area contributed by atoms with E-state index in [4.69, 9.17) is 10.8 Å². The highest BCUT2D eigenvalue weighted by Gasteiger charge is 2.15. The van der Waals surface area contributed by atoms with E-state index >= 15 is 0 Å². The Hall–Kier alpha value is -1.27. The molecule has 0 unspecified atom stereocenters. The van der Waals surface area contributed by atoms with Gasteiger partial charge in [-0.25, -0.2) is 13.8 Å². The first kappa shape index (κ1) is 12.8. The number of aliphatic hydroxyl groups excluding tert-OH is 1. The van der Waals surface area contributed by atoms with Gasteiger partial charge in [-0.3, -0.25) is 0 Å². The first-order valence-electron chi connectivity index (χ1n) is 4.97. The first-order chi connectivity index (χ1) is 7.69. The van der Waals surface area contributed by atoms with Gasteiger partial charge in [0.25, 0.3) is 6.43 Å². The van der Waals surface area contributed by atoms with Crippen molar-refractivity contribution in [1.29, 1.82) is 0 Å². The van der Waals surface area contributed by atoms with Crippen molar-refractivity contribution < 1.29 is 13.9 Å². The SMILES string of the molecule is NCc1cccnc1N(CCO)CC(F)F. The van der Waals surface area contributed by atoms with E-state index in [1.165, 1.54) is 11.1 Å². The molecule has 16 heavy (non-hydrogen) atoms. The van der Waals surface area contributed by atoms with Crippen LogP contribution in [0.5, 0.6) is 0 Å². The second-order valence-electron chi connectivity index (χ2n) is 3.25. The number of aromatic nitrogens is 1. The van der Waals surface area contributed by atoms with Gasteiger partial charge in [0.2, 0.25) is 0 Å². The highest BCUT2D eigenvalue weighted by atomic mass is 19.3. The summed E-state index contributed by atoms with van der Waals surface area (Å²) in [5.41, 5.74) is 6.19. The summed E-state index contributed by atoms with van der Waals surface area (Å²) in [7, 11) is 0. The number of nitrogens with zero attached hydrogens (tertiary/aromatic N) is 2. The molecule has 1 aromatic rings. The van der Waals surface area contributed by atoms with E-state index < -0.39 is 13.0 Å². The molecule has 1 rings (SSSR count). The zero-order valence-corrected chi connectivity index (χ0v) is 8.81. The summed E-state index contributed by atoms with van der Waals surface area (Å²) in [5, 5.41) is 8.83. The molecule has 1 heterocycles. The number of alkyl halides is 2. The lowest BCUT2D eigenvalue weighted by atomic mass is 10.2. The van der Waals surface area contributed by atoms with Crippen molar-refractivity contribution in [2.75, 3.05) is 24.6 Å². The van der Waals surface area contributed by atoms with E-state index in [2.05, 4.69) is 4.98 Å². The molecule has 0 fully saturated rings. The van der Waals surface area contributed by atoms with Crippen LogP contribution >= 0.6 is 0 Å². The Kier molecular flexibility index (Phi) is 5.07. The van der Waals surface area contributed by atoms with Crippen LogP contribution in [-0.2, 0) is 6.54 Å². The van der Waals surface area contributed by atoms with E-state index in [0.717, 1.165) is 0 Å². The van der Waals surface area contributed by atoms with Gasteiger partial charge < -0.3 is 15.7 Å². The minimum absolute atomic E-state index is 0.119. The van der Waals surface area contributed by atoms with Gasteiger partial charge >= 0.3 is 0 Å². The molecule has 3 N–H and O–H groups in total. The van der Waals surface area contributed by atoms with Gasteiger partial charge in [0.1, 0.15) is 5.82 Å². The number of rotatable bonds is 6. The fourth-order valence-electron chi connectivity index (χ4n) is 1.45. The van der Waals surface area contributed by atoms with Crippen molar-refractivity contribution in [3.63, 3.8) is 0 Å². The Bertz CT molecular complexity index is 323. The molecule has 4 nitrogen and oxygen atoms in total. The Morgan fingerprint density at radius 1 is 1.50 bits per heavy atom. The van der Waals surface area contributed by atoms with Gasteiger partial charge in [-0.2, -0.15) is 0 Å². The monoisotopic (exact) mass is 231 g/mol. The number of nitrogens with two attached hydrogens (primary N) is 1. The second-order valence-corrected chi connectivity index (χ2v) is 3.25. The third-order valence-electron chi connectivity index (χ3n) is 2.12. The highest BCUT2D eigenvalue weighted by Crippen LogP contribution is 2.17. The quantitative estimate of drug-likeness (QED) is 0.752. The maximum Gasteiger partial charge on any atom is 0.255 e. The van der Waals surface area contributed by atoms with Crippen LogP contribution in [0.4, 0.5) is 14.6 Å². The van der Waals surface area contributed by atoms with E-state index in [9.17, 15) is 8.78 Å². The van der Waals surface area contributed by atoms with Crippen molar-refractivity contribution in [2.24, 2.45) is 5.73 Å². The molecular weight excluding hydrogens is 216 g/mol. The summed E-state index contributed by atoms with van der Waals surface area (Å²) in [6.45, 7) is -0.305. The molecule has 0 saturated heterocycles. The van der Waals surface area contributed by atoms with Gasteiger partial charge in [-0.05, 0) is 6.07 Å². The Morgan fingerprint density at radius 3 is 2.81 bits per heavy atom. The predicted octanol–water partition coefficient (Wildman–Crippen LogP) is 0.604. The average molecular weight is 231 g/mol. The normalized spacial score (nSPS) is 10.8. The fourth-order valence-corrected chi connectivity index (χ4v) is 1.45. The van der Waals surface area contributed by atoms with Crippen LogP contribution in [0.15, 0.2) is 18.3 Å². The van der Waals surface area contributed by atoms with Crippen molar-refractivity contribution in [1.82, 2.24) is 4.98 Å². The van der Waals surface area contributed by atoms with Crippen molar-refractivity contribution in [3.8, 4) is 0 Å². The van der Waals surface area contributed by atoms with Crippen LogP contribution in [0.2, 0.25) is 0 Å². The van der Waals surface area contributed by atoms with Crippen molar-refractivity contribution >= 4 is 5.82 Å². The Labute approximate surface area is 92.7 Å². The topological polar surface area (TPSA) is 62.4 Å². The van der Waals surface area contributed by atoms with Gasteiger partial charge in [-0.1, -0.05) is 6.07 Å². The second kappa shape index (κ2) is 6.34. The van der Waals surface area contributed by atoms with Gasteiger partial charge in [-0.15, -0.1) is 0 Å². The molecule has 1 aromatic heterocycles. The maximum atomic E-state index is 12.3. The average Bonchev–Trinajstić information content (AvgIpc) is 2.28. The summed E-state index contributed by atoms with van der Waals surface area (Å²) < 4.78 is 24.7. The fraction of sp³-hybridized carbons (Fsp3) is 0.500. The van der Waals surface area contributed by atoms with Crippen molar-refractivity contribution in [2.45, 2.75) is 13.0 Å². The van der Waals surface area contributed by atoms with E-state index in [1.54, 1.807) is 12.1 Å². The number of anilines is 1. The number of aliphatic hydroxyl groups is 1. The lowest BCUT2D eigenvalue weighted by Crippen LogP contribution is -2.33. The molecule has 0 aliphatic heterocycles. The van der Waals surface area contributed by atoms with Crippen LogP contribution in [0.25, 0.3) is 0 Å². The zero-order chi connectivity index (χ0) is 12.0. The molecule has 0 aromatic carbocycles. The number of hydrogen-bond acceptors (Lipinski definition) is 4. The summed E-state index contributed by atoms with van der Waals surface area (Å²) in [6.07, 6.45) is -0.955. The third-order valence-corrected chi connectivity index (χ3v) is 2.12. The maximum absolute atomic E-state index is 12.3. The summed E-state index contributed by atoms with van der Waals surface area (Å²) in [6, 6.07) is 3.43. The number of hydrogen-bond donors (Lipinski definition) is 2. The van der Waals surface area contributed by atoms with Crippen molar-refractivity contribution in [3.05, 3.63) is 23.9 Å². The van der Waals surface area contributed by atoms with Crippen LogP contribution in [0, 0.1) is 0 Å². The Balaban J connectivity index is 2.90. The molecule has 0 aliphatic carbocycles. The summed E-state index contributed by atoms with van der Waals surface area (Å²) >= 11 is 0. The molecular formula is C10H15F2N3O. The molecule has 0 radical (unpaired) electrons. The molecule has 0 bridgehead atoms. The van der Waals surface area contributed by atoms with Crippen LogP contribution in [0.3, 0.4) is 0 Å². The van der Waals surface area contributed by atoms with Crippen LogP contribution in [-0.4, -0.2) is 36.2 Å². The minimum atomic E-state index is -2.47. The third kappa shape index (κ3) is 3.39. The number of pyridine rings is 1. The van der Waals surface area contributed by atoms with Crippen LogP contribution < -0.4 is 10.6 Å². The standard InChI is InChI=1S/C10H15F2N3O/c11-9(12)7-15(4-5-16)10-8(6-13)2-1-3-14-10/h1-3,9,16H,4-7,13H2. The molecule has 0 aliphatic rings. The lowest BCUT2D eigenvalue weighted by molar-refractivity contribution is 0.152. The minimum Gasteiger partial charge on any atom is -0.395 e. The molecule has 90 valence electrons. The highest BCUT2D eigenvalue weighted by molar-refractivity contribution is 5.46. The van der Waals surface area contributed by atoms with Crippen LogP contribution in [0.1, 0.15) is 5.56 Å². The largest absolute Gasteiger partial charge is 0.395 e. The lowest BCUT2D eigenvalue weighted by Gasteiger charge is -2.24. The number of halogens is 2. The molecule has 0 amide bonds. The molecule has 0 atom stereocenters. The predicted molar refractivity (Wildman–Crippen MR) is 57.4 cm³/mol. The Morgan fingerprint density at radius 2 is 2.25 bits per heavy atom. The smallest absolute Gasteiger partial charge is 0.255 e. The molecule has 6 heteroatoms. The molecule has 0 spiro atoms. The van der Waals surface area contributed by atoms with E-state index in [-0.39, 0.29) is 19.7 Å². The zero-order valence-electron chi connectivity index (χ0n) is 8.81.